The normalized spacial score (nSPS) is 14.9. The van der Waals surface area contributed by atoms with Crippen molar-refractivity contribution < 1.29 is 27.4 Å². The lowest BCUT2D eigenvalue weighted by Crippen LogP contribution is -2.34. The summed E-state index contributed by atoms with van der Waals surface area (Å²) in [7, 11) is 1.53. The van der Waals surface area contributed by atoms with E-state index in [-0.39, 0.29) is 5.91 Å². The Morgan fingerprint density at radius 1 is 1.21 bits per heavy atom. The summed E-state index contributed by atoms with van der Waals surface area (Å²) in [6.45, 7) is 4.54. The van der Waals surface area contributed by atoms with Crippen LogP contribution in [0.15, 0.2) is 36.5 Å². The highest BCUT2D eigenvalue weighted by atomic mass is 35.5. The van der Waals surface area contributed by atoms with Crippen molar-refractivity contribution in [1.29, 1.82) is 0 Å². The van der Waals surface area contributed by atoms with Gasteiger partial charge in [-0.25, -0.2) is 4.98 Å². The smallest absolute Gasteiger partial charge is 0.417 e. The standard InChI is InChI=1S/C24H27ClF3N3O3/c1-3-13-34-23-19(25)14-17(15-20(23)33-2)5-8-22(32)31-10-4-9-30(11-12-31)21-7-6-18(16-29-21)24(26,27)28/h5-8,14-16H,3-4,9-13H2,1-2H3/b8-5+. The third-order valence-corrected chi connectivity index (χ3v) is 5.61. The molecule has 1 fully saturated rings. The SMILES string of the molecule is CCCOc1c(Cl)cc(/C=C/C(=O)N2CCCN(c3ccc(C(F)(F)F)cn3)CC2)cc1OC. The van der Waals surface area contributed by atoms with Crippen molar-refractivity contribution >= 4 is 29.4 Å². The van der Waals surface area contributed by atoms with Crippen LogP contribution in [0.3, 0.4) is 0 Å². The maximum Gasteiger partial charge on any atom is 0.417 e. The summed E-state index contributed by atoms with van der Waals surface area (Å²) < 4.78 is 49.3. The molecule has 0 unspecified atom stereocenters. The van der Waals surface area contributed by atoms with Crippen LogP contribution in [0, 0.1) is 0 Å². The van der Waals surface area contributed by atoms with Gasteiger partial charge in [-0.05, 0) is 48.7 Å². The summed E-state index contributed by atoms with van der Waals surface area (Å²) >= 11 is 6.34. The molecule has 0 spiro atoms. The second-order valence-corrected chi connectivity index (χ2v) is 8.19. The topological polar surface area (TPSA) is 54.9 Å². The minimum atomic E-state index is -4.42. The number of hydrogen-bond donors (Lipinski definition) is 0. The summed E-state index contributed by atoms with van der Waals surface area (Å²) in [5, 5.41) is 0.398. The van der Waals surface area contributed by atoms with Crippen LogP contribution in [-0.4, -0.2) is 55.7 Å². The van der Waals surface area contributed by atoms with Gasteiger partial charge in [-0.1, -0.05) is 18.5 Å². The quantitative estimate of drug-likeness (QED) is 0.486. The number of pyridine rings is 1. The zero-order valence-electron chi connectivity index (χ0n) is 19.1. The lowest BCUT2D eigenvalue weighted by molar-refractivity contribution is -0.137. The molecule has 0 bridgehead atoms. The maximum absolute atomic E-state index is 12.8. The molecule has 10 heteroatoms. The van der Waals surface area contributed by atoms with Gasteiger partial charge < -0.3 is 19.3 Å². The zero-order chi connectivity index (χ0) is 24.7. The number of ether oxygens (including phenoxy) is 2. The molecule has 6 nitrogen and oxygen atoms in total. The third-order valence-electron chi connectivity index (χ3n) is 5.33. The summed E-state index contributed by atoms with van der Waals surface area (Å²) in [5.74, 6) is 1.26. The van der Waals surface area contributed by atoms with Crippen LogP contribution in [0.5, 0.6) is 11.5 Å². The van der Waals surface area contributed by atoms with Gasteiger partial charge in [0.2, 0.25) is 5.91 Å². The second-order valence-electron chi connectivity index (χ2n) is 7.78. The first kappa shape index (κ1) is 25.7. The van der Waals surface area contributed by atoms with Gasteiger partial charge >= 0.3 is 6.18 Å². The molecule has 1 aliphatic rings. The van der Waals surface area contributed by atoms with Gasteiger partial charge in [0.25, 0.3) is 0 Å². The number of anilines is 1. The van der Waals surface area contributed by atoms with Gasteiger partial charge in [-0.3, -0.25) is 4.79 Å². The third kappa shape index (κ3) is 6.56. The van der Waals surface area contributed by atoms with Gasteiger partial charge in [0.05, 0.1) is 24.3 Å². The van der Waals surface area contributed by atoms with Gasteiger partial charge in [0.1, 0.15) is 5.82 Å². The van der Waals surface area contributed by atoms with E-state index in [1.54, 1.807) is 23.1 Å². The van der Waals surface area contributed by atoms with E-state index in [1.165, 1.54) is 19.3 Å². The summed E-state index contributed by atoms with van der Waals surface area (Å²) in [6, 6.07) is 5.85. The summed E-state index contributed by atoms with van der Waals surface area (Å²) in [4.78, 5) is 20.3. The van der Waals surface area contributed by atoms with Crippen molar-refractivity contribution in [3.8, 4) is 11.5 Å². The van der Waals surface area contributed by atoms with Gasteiger partial charge in [0, 0.05) is 38.5 Å². The fourth-order valence-corrected chi connectivity index (χ4v) is 3.83. The van der Waals surface area contributed by atoms with Crippen LogP contribution in [0.4, 0.5) is 19.0 Å². The second kappa shape index (κ2) is 11.5. The maximum atomic E-state index is 12.8. The largest absolute Gasteiger partial charge is 0.493 e. The van der Waals surface area contributed by atoms with Crippen LogP contribution < -0.4 is 14.4 Å². The lowest BCUT2D eigenvalue weighted by atomic mass is 10.1. The van der Waals surface area contributed by atoms with Gasteiger partial charge in [0.15, 0.2) is 11.5 Å². The fraction of sp³-hybridized carbons (Fsp3) is 0.417. The molecule has 2 heterocycles. The Labute approximate surface area is 201 Å². The van der Waals surface area contributed by atoms with Crippen molar-refractivity contribution in [3.63, 3.8) is 0 Å². The van der Waals surface area contributed by atoms with Crippen molar-refractivity contribution in [2.45, 2.75) is 25.9 Å². The van der Waals surface area contributed by atoms with E-state index in [4.69, 9.17) is 21.1 Å². The monoisotopic (exact) mass is 497 g/mol. The van der Waals surface area contributed by atoms with Crippen LogP contribution in [0.25, 0.3) is 6.08 Å². The van der Waals surface area contributed by atoms with Crippen molar-refractivity contribution in [3.05, 3.63) is 52.7 Å². The first-order valence-electron chi connectivity index (χ1n) is 11.0. The molecule has 1 aromatic heterocycles. The number of rotatable bonds is 7. The molecular weight excluding hydrogens is 471 g/mol. The Morgan fingerprint density at radius 2 is 2.00 bits per heavy atom. The van der Waals surface area contributed by atoms with Gasteiger partial charge in [-0.2, -0.15) is 13.2 Å². The van der Waals surface area contributed by atoms with Crippen LogP contribution in [-0.2, 0) is 11.0 Å². The number of alkyl halides is 3. The number of halogens is 4. The minimum Gasteiger partial charge on any atom is -0.493 e. The molecule has 1 saturated heterocycles. The number of amides is 1. The van der Waals surface area contributed by atoms with Crippen LogP contribution in [0.1, 0.15) is 30.9 Å². The number of carbonyl (C=O) groups excluding carboxylic acids is 1. The highest BCUT2D eigenvalue weighted by Crippen LogP contribution is 2.37. The number of methoxy groups -OCH3 is 1. The molecule has 1 aliphatic heterocycles. The van der Waals surface area contributed by atoms with E-state index in [9.17, 15) is 18.0 Å². The average molecular weight is 498 g/mol. The van der Waals surface area contributed by atoms with Crippen molar-refractivity contribution in [2.75, 3.05) is 44.8 Å². The Morgan fingerprint density at radius 3 is 2.65 bits per heavy atom. The number of benzene rings is 1. The van der Waals surface area contributed by atoms with Crippen LogP contribution in [0.2, 0.25) is 5.02 Å². The zero-order valence-corrected chi connectivity index (χ0v) is 19.8. The molecule has 3 rings (SSSR count). The first-order valence-corrected chi connectivity index (χ1v) is 11.4. The van der Waals surface area contributed by atoms with E-state index in [2.05, 4.69) is 4.98 Å². The average Bonchev–Trinajstić information content (AvgIpc) is 3.07. The predicted molar refractivity (Wildman–Crippen MR) is 125 cm³/mol. The molecule has 184 valence electrons. The highest BCUT2D eigenvalue weighted by molar-refractivity contribution is 6.32. The number of aromatic nitrogens is 1. The predicted octanol–water partition coefficient (Wildman–Crippen LogP) is 5.30. The molecule has 1 amide bonds. The summed E-state index contributed by atoms with van der Waals surface area (Å²) in [5.41, 5.74) is -0.0841. The summed E-state index contributed by atoms with van der Waals surface area (Å²) in [6.07, 6.45) is 1.06. The number of carbonyl (C=O) groups is 1. The molecule has 1 aromatic carbocycles. The Bertz CT molecular complexity index is 1010. The number of hydrogen-bond acceptors (Lipinski definition) is 5. The Balaban J connectivity index is 1.63. The Hall–Kier alpha value is -2.94. The molecule has 0 N–H and O–H groups in total. The van der Waals surface area contributed by atoms with E-state index < -0.39 is 11.7 Å². The molecule has 34 heavy (non-hydrogen) atoms. The van der Waals surface area contributed by atoms with Crippen molar-refractivity contribution in [1.82, 2.24) is 9.88 Å². The van der Waals surface area contributed by atoms with E-state index in [0.717, 1.165) is 18.7 Å². The van der Waals surface area contributed by atoms with E-state index in [1.807, 2.05) is 11.8 Å². The Kier molecular flexibility index (Phi) is 8.66. The first-order chi connectivity index (χ1) is 16.2. The molecule has 0 radical (unpaired) electrons. The van der Waals surface area contributed by atoms with E-state index >= 15 is 0 Å². The van der Waals surface area contributed by atoms with Crippen molar-refractivity contribution in [2.24, 2.45) is 0 Å². The van der Waals surface area contributed by atoms with Gasteiger partial charge in [-0.15, -0.1) is 0 Å². The highest BCUT2D eigenvalue weighted by Gasteiger charge is 2.31. The molecule has 0 atom stereocenters. The molecule has 0 aliphatic carbocycles. The molecule has 0 saturated carbocycles. The molecular formula is C24H27ClF3N3O3. The van der Waals surface area contributed by atoms with Crippen LogP contribution >= 0.6 is 11.6 Å². The number of nitrogens with zero attached hydrogens (tertiary/aromatic N) is 3. The fourth-order valence-electron chi connectivity index (χ4n) is 3.56. The van der Waals surface area contributed by atoms with E-state index in [0.29, 0.717) is 67.1 Å². The molecule has 2 aromatic rings. The minimum absolute atomic E-state index is 0.163. The lowest BCUT2D eigenvalue weighted by Gasteiger charge is -2.22.